The van der Waals surface area contributed by atoms with Gasteiger partial charge in [0, 0.05) is 52.6 Å². The van der Waals surface area contributed by atoms with E-state index in [0.29, 0.717) is 31.4 Å². The summed E-state index contributed by atoms with van der Waals surface area (Å²) >= 11 is 0. The van der Waals surface area contributed by atoms with E-state index in [2.05, 4.69) is 4.98 Å². The van der Waals surface area contributed by atoms with Gasteiger partial charge in [0.05, 0.1) is 15.9 Å². The molecule has 0 saturated carbocycles. The number of carbonyl (C=O) groups excluding carboxylic acids is 1. The van der Waals surface area contributed by atoms with Crippen molar-refractivity contribution in [2.24, 2.45) is 5.73 Å². The molecule has 1 aliphatic heterocycles. The van der Waals surface area contributed by atoms with Crippen LogP contribution < -0.4 is 5.73 Å². The van der Waals surface area contributed by atoms with E-state index in [0.717, 1.165) is 24.3 Å². The van der Waals surface area contributed by atoms with Crippen LogP contribution in [-0.2, 0) is 27.8 Å². The van der Waals surface area contributed by atoms with Gasteiger partial charge in [0.15, 0.2) is 0 Å². The molecule has 0 radical (unpaired) electrons. The molecule has 2 N–H and O–H groups in total. The monoisotopic (exact) mass is 393 g/mol. The molecule has 8 nitrogen and oxygen atoms in total. The van der Waals surface area contributed by atoms with E-state index < -0.39 is 10.0 Å². The summed E-state index contributed by atoms with van der Waals surface area (Å²) in [5.41, 5.74) is 7.38. The van der Waals surface area contributed by atoms with Crippen molar-refractivity contribution in [3.8, 4) is 0 Å². The minimum Gasteiger partial charge on any atom is -0.341 e. The Morgan fingerprint density at radius 2 is 2.11 bits per heavy atom. The van der Waals surface area contributed by atoms with E-state index in [1.807, 2.05) is 16.4 Å². The number of hydrogen-bond acceptors (Lipinski definition) is 5. The molecule has 1 saturated heterocycles. The maximum absolute atomic E-state index is 12.4. The lowest BCUT2D eigenvalue weighted by molar-refractivity contribution is -0.130. The summed E-state index contributed by atoms with van der Waals surface area (Å²) in [5.74, 6) is 0.886. The van der Waals surface area contributed by atoms with Crippen molar-refractivity contribution in [2.75, 3.05) is 27.2 Å². The highest BCUT2D eigenvalue weighted by Gasteiger charge is 2.24. The number of aryl methyl sites for hydroxylation is 2. The van der Waals surface area contributed by atoms with Crippen molar-refractivity contribution in [2.45, 2.75) is 43.7 Å². The van der Waals surface area contributed by atoms with Crippen molar-refractivity contribution in [3.63, 3.8) is 0 Å². The zero-order valence-corrected chi connectivity index (χ0v) is 16.9. The lowest BCUT2D eigenvalue weighted by Crippen LogP contribution is -2.32. The van der Waals surface area contributed by atoms with Gasteiger partial charge in [0.2, 0.25) is 15.9 Å². The Morgan fingerprint density at radius 3 is 2.70 bits per heavy atom. The molecule has 1 aromatic carbocycles. The van der Waals surface area contributed by atoms with Crippen LogP contribution >= 0.6 is 0 Å². The molecule has 1 atom stereocenters. The first-order chi connectivity index (χ1) is 12.7. The molecular weight excluding hydrogens is 366 g/mol. The number of nitrogens with zero attached hydrogens (tertiary/aromatic N) is 4. The highest BCUT2D eigenvalue weighted by Crippen LogP contribution is 2.23. The molecule has 2 aromatic rings. The average Bonchev–Trinajstić information content (AvgIpc) is 3.21. The summed E-state index contributed by atoms with van der Waals surface area (Å²) in [6, 6.07) is 5.06. The summed E-state index contributed by atoms with van der Waals surface area (Å²) in [6.45, 7) is 4.05. The number of sulfonamides is 1. The van der Waals surface area contributed by atoms with Gasteiger partial charge in [0.25, 0.3) is 0 Å². The molecule has 0 spiro atoms. The van der Waals surface area contributed by atoms with E-state index in [1.54, 1.807) is 18.2 Å². The van der Waals surface area contributed by atoms with E-state index in [4.69, 9.17) is 5.73 Å². The second kappa shape index (κ2) is 7.57. The van der Waals surface area contributed by atoms with E-state index in [9.17, 15) is 13.2 Å². The molecule has 2 heterocycles. The predicted octanol–water partition coefficient (Wildman–Crippen LogP) is 0.799. The fourth-order valence-corrected chi connectivity index (χ4v) is 4.39. The van der Waals surface area contributed by atoms with Crippen LogP contribution in [0.15, 0.2) is 23.1 Å². The highest BCUT2D eigenvalue weighted by atomic mass is 32.2. The topological polar surface area (TPSA) is 102 Å². The third-order valence-corrected chi connectivity index (χ3v) is 6.84. The van der Waals surface area contributed by atoms with Crippen LogP contribution in [0, 0.1) is 0 Å². The fraction of sp³-hybridized carbons (Fsp3) is 0.556. The molecule has 1 amide bonds. The fourth-order valence-electron chi connectivity index (χ4n) is 3.47. The number of likely N-dealkylation sites (tertiary alicyclic amines) is 1. The summed E-state index contributed by atoms with van der Waals surface area (Å²) < 4.78 is 27.9. The van der Waals surface area contributed by atoms with Crippen molar-refractivity contribution in [1.82, 2.24) is 18.8 Å². The van der Waals surface area contributed by atoms with E-state index in [-0.39, 0.29) is 16.8 Å². The number of nitrogens with two attached hydrogens (primary N) is 1. The lowest BCUT2D eigenvalue weighted by Gasteiger charge is -2.15. The third-order valence-electron chi connectivity index (χ3n) is 5.03. The van der Waals surface area contributed by atoms with Gasteiger partial charge in [-0.2, -0.15) is 0 Å². The summed E-state index contributed by atoms with van der Waals surface area (Å²) in [5, 5.41) is 0. The second-order valence-corrected chi connectivity index (χ2v) is 9.25. The molecule has 9 heteroatoms. The number of aromatic nitrogens is 2. The Kier molecular flexibility index (Phi) is 5.55. The predicted molar refractivity (Wildman–Crippen MR) is 104 cm³/mol. The molecule has 0 aliphatic carbocycles. The van der Waals surface area contributed by atoms with E-state index in [1.165, 1.54) is 18.4 Å². The zero-order valence-electron chi connectivity index (χ0n) is 16.1. The van der Waals surface area contributed by atoms with Gasteiger partial charge < -0.3 is 15.2 Å². The van der Waals surface area contributed by atoms with Gasteiger partial charge in [0.1, 0.15) is 5.82 Å². The minimum absolute atomic E-state index is 0.0752. The standard InChI is InChI=1S/C18H27N5O3S/c1-4-23-16-6-5-14(27(25,26)21(2)3)11-15(16)20-17(23)7-8-18(24)22-10-9-13(19)12-22/h5-6,11,13H,4,7-10,12,19H2,1-3H3/t13-/m0/s1. The van der Waals surface area contributed by atoms with Crippen LogP contribution in [-0.4, -0.2) is 66.3 Å². The molecule has 0 unspecified atom stereocenters. The SMILES string of the molecule is CCn1c(CCC(=O)N2CC[C@H](N)C2)nc2cc(S(=O)(=O)N(C)C)ccc21. The zero-order chi connectivity index (χ0) is 19.8. The van der Waals surface area contributed by atoms with Crippen LogP contribution in [0.2, 0.25) is 0 Å². The first-order valence-electron chi connectivity index (χ1n) is 9.19. The molecule has 1 fully saturated rings. The number of carbonyl (C=O) groups is 1. The molecule has 0 bridgehead atoms. The summed E-state index contributed by atoms with van der Waals surface area (Å²) in [4.78, 5) is 19.0. The largest absolute Gasteiger partial charge is 0.341 e. The number of amides is 1. The van der Waals surface area contributed by atoms with Crippen LogP contribution in [0.1, 0.15) is 25.6 Å². The van der Waals surface area contributed by atoms with Gasteiger partial charge in [-0.1, -0.05) is 0 Å². The molecule has 148 valence electrons. The molecule has 27 heavy (non-hydrogen) atoms. The Bertz CT molecular complexity index is 951. The van der Waals surface area contributed by atoms with Crippen LogP contribution in [0.5, 0.6) is 0 Å². The van der Waals surface area contributed by atoms with Crippen molar-refractivity contribution in [1.29, 1.82) is 0 Å². The molecule has 1 aliphatic rings. The van der Waals surface area contributed by atoms with Gasteiger partial charge in [-0.25, -0.2) is 17.7 Å². The summed E-state index contributed by atoms with van der Waals surface area (Å²) in [7, 11) is -0.498. The molecule has 3 rings (SSSR count). The van der Waals surface area contributed by atoms with Crippen molar-refractivity contribution < 1.29 is 13.2 Å². The van der Waals surface area contributed by atoms with Gasteiger partial charge in [-0.15, -0.1) is 0 Å². The van der Waals surface area contributed by atoms with Gasteiger partial charge in [-0.05, 0) is 31.5 Å². The number of imidazole rings is 1. The van der Waals surface area contributed by atoms with Crippen LogP contribution in [0.25, 0.3) is 11.0 Å². The Morgan fingerprint density at radius 1 is 1.37 bits per heavy atom. The smallest absolute Gasteiger partial charge is 0.242 e. The number of fused-ring (bicyclic) bond motifs is 1. The average molecular weight is 394 g/mol. The number of rotatable bonds is 6. The maximum Gasteiger partial charge on any atom is 0.242 e. The minimum atomic E-state index is -3.51. The second-order valence-electron chi connectivity index (χ2n) is 7.10. The maximum atomic E-state index is 12.4. The lowest BCUT2D eigenvalue weighted by atomic mass is 10.2. The number of benzene rings is 1. The molecule has 1 aromatic heterocycles. The van der Waals surface area contributed by atoms with Crippen molar-refractivity contribution in [3.05, 3.63) is 24.0 Å². The third kappa shape index (κ3) is 3.85. The molecular formula is C18H27N5O3S. The summed E-state index contributed by atoms with van der Waals surface area (Å²) in [6.07, 6.45) is 1.74. The number of hydrogen-bond donors (Lipinski definition) is 1. The highest BCUT2D eigenvalue weighted by molar-refractivity contribution is 7.89. The van der Waals surface area contributed by atoms with Crippen molar-refractivity contribution >= 4 is 27.0 Å². The van der Waals surface area contributed by atoms with Crippen LogP contribution in [0.4, 0.5) is 0 Å². The first-order valence-corrected chi connectivity index (χ1v) is 10.6. The van der Waals surface area contributed by atoms with E-state index >= 15 is 0 Å². The quantitative estimate of drug-likeness (QED) is 0.782. The van der Waals surface area contributed by atoms with Crippen LogP contribution in [0.3, 0.4) is 0 Å². The first kappa shape index (κ1) is 19.8. The Balaban J connectivity index is 1.84. The van der Waals surface area contributed by atoms with Gasteiger partial charge in [-0.3, -0.25) is 4.79 Å². The normalized spacial score (nSPS) is 18.0. The Labute approximate surface area is 160 Å². The van der Waals surface area contributed by atoms with Gasteiger partial charge >= 0.3 is 0 Å². The Hall–Kier alpha value is -1.97.